The third-order valence-electron chi connectivity index (χ3n) is 7.35. The summed E-state index contributed by atoms with van der Waals surface area (Å²) in [6.07, 6.45) is 3.35. The number of carbonyl (C=O) groups is 2. The predicted octanol–water partition coefficient (Wildman–Crippen LogP) is 3.73. The van der Waals surface area contributed by atoms with E-state index in [1.807, 2.05) is 30.3 Å². The minimum Gasteiger partial charge on any atom is -0.354 e. The van der Waals surface area contributed by atoms with Crippen LogP contribution >= 0.6 is 11.6 Å². The Labute approximate surface area is 175 Å². The topological polar surface area (TPSA) is 49.4 Å². The number of alkyl halides is 3. The Kier molecular flexibility index (Phi) is 5.34. The Hall–Kier alpha value is -1.69. The average molecular weight is 425 g/mol. The van der Waals surface area contributed by atoms with E-state index in [1.165, 1.54) is 0 Å². The summed E-state index contributed by atoms with van der Waals surface area (Å²) in [5, 5.41) is 2.88. The van der Waals surface area contributed by atoms with Crippen molar-refractivity contribution in [1.29, 1.82) is 0 Å². The number of carbonyl (C=O) groups excluding carboxylic acids is 2. The molecule has 7 heteroatoms. The highest BCUT2D eigenvalue weighted by molar-refractivity contribution is 6.27. The molecule has 2 saturated carbocycles. The molecule has 2 amide bonds. The molecule has 1 saturated heterocycles. The van der Waals surface area contributed by atoms with Crippen molar-refractivity contribution in [2.24, 2.45) is 11.3 Å². The first-order valence-electron chi connectivity index (χ1n) is 10.4. The van der Waals surface area contributed by atoms with E-state index in [0.29, 0.717) is 32.5 Å². The molecule has 2 aliphatic carbocycles. The van der Waals surface area contributed by atoms with Crippen molar-refractivity contribution in [3.8, 4) is 0 Å². The molecule has 0 radical (unpaired) electrons. The minimum atomic E-state index is -2.86. The van der Waals surface area contributed by atoms with E-state index in [-0.39, 0.29) is 35.4 Å². The van der Waals surface area contributed by atoms with Crippen molar-refractivity contribution in [2.75, 3.05) is 25.5 Å². The fraction of sp³-hybridized carbons (Fsp3) is 0.636. The van der Waals surface area contributed by atoms with E-state index in [2.05, 4.69) is 5.32 Å². The van der Waals surface area contributed by atoms with Gasteiger partial charge in [0.2, 0.25) is 11.8 Å². The molecule has 1 heterocycles. The second-order valence-corrected chi connectivity index (χ2v) is 9.10. The van der Waals surface area contributed by atoms with E-state index in [1.54, 1.807) is 4.90 Å². The van der Waals surface area contributed by atoms with E-state index in [4.69, 9.17) is 11.6 Å². The largest absolute Gasteiger partial charge is 0.354 e. The number of amides is 2. The normalized spacial score (nSPS) is 27.8. The van der Waals surface area contributed by atoms with Crippen LogP contribution in [0.3, 0.4) is 0 Å². The van der Waals surface area contributed by atoms with Crippen molar-refractivity contribution in [3.63, 3.8) is 0 Å². The summed E-state index contributed by atoms with van der Waals surface area (Å²) >= 11 is 5.62. The third kappa shape index (κ3) is 3.43. The summed E-state index contributed by atoms with van der Waals surface area (Å²) in [4.78, 5) is 26.5. The number of nitrogens with one attached hydrogen (secondary N) is 1. The van der Waals surface area contributed by atoms with Gasteiger partial charge in [-0.05, 0) is 37.2 Å². The lowest BCUT2D eigenvalue weighted by Crippen LogP contribution is -2.53. The highest BCUT2D eigenvalue weighted by Gasteiger charge is 2.79. The van der Waals surface area contributed by atoms with Crippen LogP contribution in [0.25, 0.3) is 0 Å². The Morgan fingerprint density at radius 1 is 1.14 bits per heavy atom. The van der Waals surface area contributed by atoms with Gasteiger partial charge in [-0.25, -0.2) is 8.78 Å². The molecule has 1 atom stereocenters. The molecule has 1 N–H and O–H groups in total. The Bertz CT molecular complexity index is 776. The van der Waals surface area contributed by atoms with Crippen molar-refractivity contribution >= 4 is 23.4 Å². The van der Waals surface area contributed by atoms with Gasteiger partial charge in [0.15, 0.2) is 0 Å². The predicted molar refractivity (Wildman–Crippen MR) is 107 cm³/mol. The van der Waals surface area contributed by atoms with E-state index < -0.39 is 11.3 Å². The maximum Gasteiger partial charge on any atom is 0.264 e. The molecule has 3 aliphatic rings. The quantitative estimate of drug-likeness (QED) is 0.707. The van der Waals surface area contributed by atoms with E-state index in [0.717, 1.165) is 24.8 Å². The smallest absolute Gasteiger partial charge is 0.264 e. The van der Waals surface area contributed by atoms with Crippen LogP contribution in [-0.4, -0.2) is 48.2 Å². The van der Waals surface area contributed by atoms with Crippen LogP contribution in [0.4, 0.5) is 8.78 Å². The van der Waals surface area contributed by atoms with Gasteiger partial charge in [-0.15, -0.1) is 11.6 Å². The molecule has 0 spiro atoms. The number of halogens is 3. The van der Waals surface area contributed by atoms with Crippen LogP contribution in [0, 0.1) is 11.3 Å². The minimum absolute atomic E-state index is 0.103. The molecule has 1 aromatic carbocycles. The zero-order valence-electron chi connectivity index (χ0n) is 16.4. The van der Waals surface area contributed by atoms with Gasteiger partial charge in [-0.2, -0.15) is 0 Å². The van der Waals surface area contributed by atoms with Crippen molar-refractivity contribution in [3.05, 3.63) is 35.9 Å². The first-order chi connectivity index (χ1) is 13.8. The average Bonchev–Trinajstić information content (AvgIpc) is 3.27. The summed E-state index contributed by atoms with van der Waals surface area (Å²) in [5.74, 6) is -3.74. The van der Waals surface area contributed by atoms with Crippen LogP contribution in [-0.2, 0) is 15.0 Å². The first kappa shape index (κ1) is 20.6. The number of hydrogen-bond donors (Lipinski definition) is 1. The second kappa shape index (κ2) is 7.53. The molecule has 1 aliphatic heterocycles. The molecule has 4 nitrogen and oxygen atoms in total. The molecular formula is C22H27ClF2N2O2. The summed E-state index contributed by atoms with van der Waals surface area (Å²) in [6.45, 7) is 1.28. The number of rotatable bonds is 6. The Morgan fingerprint density at radius 2 is 1.76 bits per heavy atom. The lowest BCUT2D eigenvalue weighted by Gasteiger charge is -2.44. The number of benzene rings is 1. The van der Waals surface area contributed by atoms with Crippen molar-refractivity contribution < 1.29 is 18.4 Å². The number of likely N-dealkylation sites (tertiary alicyclic amines) is 1. The summed E-state index contributed by atoms with van der Waals surface area (Å²) in [6, 6.07) is 9.89. The standard InChI is InChI=1S/C22H27ClF2N2O2/c23-13-18(28)26-15-20(16-5-2-1-3-6-16)9-11-27(12-10-20)19(29)21(14-22(21,24)25)17-7-4-8-17/h1-3,5-6,17H,4,7-15H2,(H,26,28). The molecule has 158 valence electrons. The molecule has 4 rings (SSSR count). The van der Waals surface area contributed by atoms with Crippen molar-refractivity contribution in [1.82, 2.24) is 10.2 Å². The van der Waals surface area contributed by atoms with Crippen LogP contribution < -0.4 is 5.32 Å². The third-order valence-corrected chi connectivity index (χ3v) is 7.59. The molecule has 29 heavy (non-hydrogen) atoms. The lowest BCUT2D eigenvalue weighted by molar-refractivity contribution is -0.148. The first-order valence-corrected chi connectivity index (χ1v) is 10.9. The highest BCUT2D eigenvalue weighted by atomic mass is 35.5. The maximum absolute atomic E-state index is 14.3. The van der Waals surface area contributed by atoms with Gasteiger partial charge in [-0.1, -0.05) is 36.8 Å². The summed E-state index contributed by atoms with van der Waals surface area (Å²) in [7, 11) is 0. The van der Waals surface area contributed by atoms with Gasteiger partial charge in [0, 0.05) is 31.5 Å². The van der Waals surface area contributed by atoms with Gasteiger partial charge < -0.3 is 10.2 Å². The fourth-order valence-corrected chi connectivity index (χ4v) is 5.25. The van der Waals surface area contributed by atoms with Gasteiger partial charge >= 0.3 is 0 Å². The van der Waals surface area contributed by atoms with Crippen LogP contribution in [0.15, 0.2) is 30.3 Å². The molecule has 0 bridgehead atoms. The Balaban J connectivity index is 1.49. The molecule has 1 unspecified atom stereocenters. The zero-order chi connectivity index (χ0) is 20.7. The Morgan fingerprint density at radius 3 is 2.24 bits per heavy atom. The maximum atomic E-state index is 14.3. The van der Waals surface area contributed by atoms with Crippen molar-refractivity contribution in [2.45, 2.75) is 49.9 Å². The van der Waals surface area contributed by atoms with E-state index >= 15 is 0 Å². The number of hydrogen-bond acceptors (Lipinski definition) is 2. The van der Waals surface area contributed by atoms with Gasteiger partial charge in [0.1, 0.15) is 11.3 Å². The lowest BCUT2D eigenvalue weighted by atomic mass is 9.70. The molecule has 1 aromatic rings. The van der Waals surface area contributed by atoms with Crippen LogP contribution in [0.5, 0.6) is 0 Å². The number of nitrogens with zero attached hydrogens (tertiary/aromatic N) is 1. The number of piperidine rings is 1. The zero-order valence-corrected chi connectivity index (χ0v) is 17.2. The van der Waals surface area contributed by atoms with Gasteiger partial charge in [0.25, 0.3) is 5.92 Å². The van der Waals surface area contributed by atoms with E-state index in [9.17, 15) is 18.4 Å². The fourth-order valence-electron chi connectivity index (χ4n) is 5.15. The van der Waals surface area contributed by atoms with Gasteiger partial charge in [-0.3, -0.25) is 9.59 Å². The van der Waals surface area contributed by atoms with Gasteiger partial charge in [0.05, 0.1) is 0 Å². The molecular weight excluding hydrogens is 398 g/mol. The monoisotopic (exact) mass is 424 g/mol. The molecule has 0 aromatic heterocycles. The van der Waals surface area contributed by atoms with Crippen LogP contribution in [0.2, 0.25) is 0 Å². The highest BCUT2D eigenvalue weighted by Crippen LogP contribution is 2.69. The molecule has 3 fully saturated rings. The SMILES string of the molecule is O=C(CCl)NCC1(c2ccccc2)CCN(C(=O)C2(C3CCC3)CC2(F)F)CC1. The summed E-state index contributed by atoms with van der Waals surface area (Å²) in [5.41, 5.74) is -0.687. The summed E-state index contributed by atoms with van der Waals surface area (Å²) < 4.78 is 28.6. The second-order valence-electron chi connectivity index (χ2n) is 8.83. The van der Waals surface area contributed by atoms with Crippen LogP contribution in [0.1, 0.15) is 44.1 Å².